The van der Waals surface area contributed by atoms with Gasteiger partial charge in [-0.1, -0.05) is 0 Å². The van der Waals surface area contributed by atoms with Crippen LogP contribution >= 0.6 is 0 Å². The van der Waals surface area contributed by atoms with Crippen LogP contribution in [0.4, 0.5) is 11.5 Å². The molecule has 14 heavy (non-hydrogen) atoms. The van der Waals surface area contributed by atoms with Crippen molar-refractivity contribution >= 4 is 11.5 Å². The highest BCUT2D eigenvalue weighted by molar-refractivity contribution is 5.49. The first kappa shape index (κ1) is 9.27. The number of pyridine rings is 1. The lowest BCUT2D eigenvalue weighted by Gasteiger charge is -2.28. The van der Waals surface area contributed by atoms with Gasteiger partial charge in [0, 0.05) is 13.1 Å². The molecule has 76 valence electrons. The number of nitrogens with two attached hydrogens (primary N) is 1. The summed E-state index contributed by atoms with van der Waals surface area (Å²) in [6.07, 6.45) is 5.81. The first-order valence-corrected chi connectivity index (χ1v) is 5.08. The van der Waals surface area contributed by atoms with Gasteiger partial charge in [-0.3, -0.25) is 0 Å². The maximum Gasteiger partial charge on any atom is 0.140 e. The molecule has 4 nitrogen and oxygen atoms in total. The van der Waals surface area contributed by atoms with Crippen LogP contribution in [0.25, 0.3) is 0 Å². The number of hydrazine groups is 1. The summed E-state index contributed by atoms with van der Waals surface area (Å²) in [4.78, 5) is 6.57. The monoisotopic (exact) mass is 192 g/mol. The molecule has 0 aromatic carbocycles. The summed E-state index contributed by atoms with van der Waals surface area (Å²) in [5.74, 6) is 5.97. The number of nitrogens with one attached hydrogen (secondary N) is 1. The summed E-state index contributed by atoms with van der Waals surface area (Å²) >= 11 is 0. The van der Waals surface area contributed by atoms with Gasteiger partial charge in [0.2, 0.25) is 0 Å². The first-order chi connectivity index (χ1) is 6.90. The van der Waals surface area contributed by atoms with Crippen LogP contribution in [0.1, 0.15) is 19.3 Å². The molecule has 0 aliphatic carbocycles. The van der Waals surface area contributed by atoms with Gasteiger partial charge in [-0.2, -0.15) is 0 Å². The Bertz CT molecular complexity index is 277. The minimum Gasteiger partial charge on any atom is -0.370 e. The second-order valence-electron chi connectivity index (χ2n) is 3.59. The van der Waals surface area contributed by atoms with Crippen LogP contribution in [0.2, 0.25) is 0 Å². The zero-order valence-corrected chi connectivity index (χ0v) is 8.24. The lowest BCUT2D eigenvalue weighted by molar-refractivity contribution is 0.577. The number of nitrogens with zero attached hydrogens (tertiary/aromatic N) is 2. The summed E-state index contributed by atoms with van der Waals surface area (Å²) in [5.41, 5.74) is 3.73. The third-order valence-corrected chi connectivity index (χ3v) is 2.62. The Balaban J connectivity index is 2.07. The highest BCUT2D eigenvalue weighted by Crippen LogP contribution is 2.19. The molecule has 2 rings (SSSR count). The van der Waals surface area contributed by atoms with E-state index in [1.54, 1.807) is 0 Å². The molecular formula is C10H16N4. The molecule has 1 fully saturated rings. The number of rotatable bonds is 2. The van der Waals surface area contributed by atoms with Crippen molar-refractivity contribution < 1.29 is 0 Å². The molecule has 0 bridgehead atoms. The van der Waals surface area contributed by atoms with Crippen molar-refractivity contribution in [1.82, 2.24) is 4.98 Å². The third kappa shape index (κ3) is 1.96. The van der Waals surface area contributed by atoms with Crippen LogP contribution in [-0.4, -0.2) is 18.1 Å². The van der Waals surface area contributed by atoms with Gasteiger partial charge in [0.1, 0.15) is 5.82 Å². The fraction of sp³-hybridized carbons (Fsp3) is 0.500. The van der Waals surface area contributed by atoms with Gasteiger partial charge < -0.3 is 10.3 Å². The van der Waals surface area contributed by atoms with E-state index in [4.69, 9.17) is 5.84 Å². The Morgan fingerprint density at radius 2 is 2.00 bits per heavy atom. The van der Waals surface area contributed by atoms with Gasteiger partial charge in [-0.15, -0.1) is 0 Å². The van der Waals surface area contributed by atoms with Gasteiger partial charge in [0.25, 0.3) is 0 Å². The summed E-state index contributed by atoms with van der Waals surface area (Å²) in [5, 5.41) is 0. The van der Waals surface area contributed by atoms with Crippen molar-refractivity contribution in [1.29, 1.82) is 0 Å². The van der Waals surface area contributed by atoms with Crippen molar-refractivity contribution in [2.75, 3.05) is 23.4 Å². The molecule has 0 unspecified atom stereocenters. The van der Waals surface area contributed by atoms with Crippen LogP contribution in [0.15, 0.2) is 18.3 Å². The van der Waals surface area contributed by atoms with Crippen LogP contribution in [0.3, 0.4) is 0 Å². The van der Waals surface area contributed by atoms with Crippen molar-refractivity contribution in [2.24, 2.45) is 5.84 Å². The largest absolute Gasteiger partial charge is 0.370 e. The third-order valence-electron chi connectivity index (χ3n) is 2.62. The molecule has 1 aliphatic rings. The maximum atomic E-state index is 5.25. The van der Waals surface area contributed by atoms with E-state index in [1.807, 2.05) is 12.3 Å². The second kappa shape index (κ2) is 4.28. The van der Waals surface area contributed by atoms with Gasteiger partial charge in [0.15, 0.2) is 0 Å². The van der Waals surface area contributed by atoms with Crippen molar-refractivity contribution in [3.8, 4) is 0 Å². The average molecular weight is 192 g/mol. The van der Waals surface area contributed by atoms with Crippen LogP contribution < -0.4 is 16.2 Å². The highest BCUT2D eigenvalue weighted by Gasteiger charge is 2.10. The molecule has 1 aliphatic heterocycles. The van der Waals surface area contributed by atoms with E-state index in [2.05, 4.69) is 21.4 Å². The fourth-order valence-electron chi connectivity index (χ4n) is 1.81. The van der Waals surface area contributed by atoms with E-state index < -0.39 is 0 Å². The quantitative estimate of drug-likeness (QED) is 0.548. The zero-order chi connectivity index (χ0) is 9.80. The van der Waals surface area contributed by atoms with E-state index in [-0.39, 0.29) is 0 Å². The van der Waals surface area contributed by atoms with Crippen LogP contribution in [0.5, 0.6) is 0 Å². The number of anilines is 2. The van der Waals surface area contributed by atoms with Gasteiger partial charge in [-0.05, 0) is 31.4 Å². The van der Waals surface area contributed by atoms with Crippen molar-refractivity contribution in [2.45, 2.75) is 19.3 Å². The second-order valence-corrected chi connectivity index (χ2v) is 3.59. The summed E-state index contributed by atoms with van der Waals surface area (Å²) in [6.45, 7) is 2.30. The van der Waals surface area contributed by atoms with Crippen LogP contribution in [0, 0.1) is 0 Å². The molecule has 0 atom stereocenters. The molecule has 0 radical (unpaired) electrons. The number of aromatic nitrogens is 1. The lowest BCUT2D eigenvalue weighted by atomic mass is 10.1. The summed E-state index contributed by atoms with van der Waals surface area (Å²) < 4.78 is 0. The number of piperidine rings is 1. The van der Waals surface area contributed by atoms with Crippen molar-refractivity contribution in [3.05, 3.63) is 18.3 Å². The average Bonchev–Trinajstić information content (AvgIpc) is 2.30. The molecule has 0 saturated carbocycles. The Labute approximate surface area is 84.1 Å². The number of nitrogen functional groups attached to an aromatic ring is 1. The number of hydrogen-bond acceptors (Lipinski definition) is 4. The molecule has 2 heterocycles. The Kier molecular flexibility index (Phi) is 2.84. The molecule has 3 N–H and O–H groups in total. The number of hydrogen-bond donors (Lipinski definition) is 2. The SMILES string of the molecule is NNc1ccc(N2CCCCC2)cn1. The van der Waals surface area contributed by atoms with E-state index in [0.29, 0.717) is 5.82 Å². The predicted molar refractivity (Wildman–Crippen MR) is 58.1 cm³/mol. The molecule has 1 aromatic rings. The van der Waals surface area contributed by atoms with Gasteiger partial charge in [-0.25, -0.2) is 10.8 Å². The predicted octanol–water partition coefficient (Wildman–Crippen LogP) is 1.36. The van der Waals surface area contributed by atoms with E-state index in [1.165, 1.54) is 24.9 Å². The molecule has 0 amide bonds. The van der Waals surface area contributed by atoms with Gasteiger partial charge >= 0.3 is 0 Å². The molecular weight excluding hydrogens is 176 g/mol. The first-order valence-electron chi connectivity index (χ1n) is 5.08. The minimum atomic E-state index is 0.714. The minimum absolute atomic E-state index is 0.714. The zero-order valence-electron chi connectivity index (χ0n) is 8.24. The maximum absolute atomic E-state index is 5.25. The van der Waals surface area contributed by atoms with E-state index in [0.717, 1.165) is 13.1 Å². The Hall–Kier alpha value is -1.29. The fourth-order valence-corrected chi connectivity index (χ4v) is 1.81. The Morgan fingerprint density at radius 3 is 2.57 bits per heavy atom. The molecule has 1 saturated heterocycles. The highest BCUT2D eigenvalue weighted by atomic mass is 15.2. The molecule has 0 spiro atoms. The van der Waals surface area contributed by atoms with Gasteiger partial charge in [0.05, 0.1) is 11.9 Å². The van der Waals surface area contributed by atoms with Crippen molar-refractivity contribution in [3.63, 3.8) is 0 Å². The molecule has 1 aromatic heterocycles. The van der Waals surface area contributed by atoms with E-state index >= 15 is 0 Å². The lowest BCUT2D eigenvalue weighted by Crippen LogP contribution is -2.29. The topological polar surface area (TPSA) is 54.2 Å². The smallest absolute Gasteiger partial charge is 0.140 e. The summed E-state index contributed by atoms with van der Waals surface area (Å²) in [7, 11) is 0. The standard InChI is InChI=1S/C10H16N4/c11-13-10-5-4-9(8-12-10)14-6-2-1-3-7-14/h4-5,8H,1-3,6-7,11H2,(H,12,13). The van der Waals surface area contributed by atoms with Crippen LogP contribution in [-0.2, 0) is 0 Å². The molecule has 4 heteroatoms. The Morgan fingerprint density at radius 1 is 1.21 bits per heavy atom. The summed E-state index contributed by atoms with van der Waals surface area (Å²) in [6, 6.07) is 3.97. The normalized spacial score (nSPS) is 16.8. The van der Waals surface area contributed by atoms with E-state index in [9.17, 15) is 0 Å².